The Bertz CT molecular complexity index is 1550. The molecule has 0 aliphatic carbocycles. The Morgan fingerprint density at radius 2 is 0.586 bits per heavy atom. The molecule has 404 valence electrons. The minimum Gasteiger partial charge on any atom is -0.0654 e. The van der Waals surface area contributed by atoms with Gasteiger partial charge in [0.2, 0.25) is 11.4 Å². The maximum atomic E-state index is 11.9. The van der Waals surface area contributed by atoms with Gasteiger partial charge in [-0.1, -0.05) is 149 Å². The summed E-state index contributed by atoms with van der Waals surface area (Å²) < 4.78 is 1.56. The van der Waals surface area contributed by atoms with Crippen molar-refractivity contribution in [1.29, 1.82) is 0 Å². The molecule has 0 atom stereocenters. The quantitative estimate of drug-likeness (QED) is 0.0359. The third kappa shape index (κ3) is 30.9. The van der Waals surface area contributed by atoms with Crippen molar-refractivity contribution in [2.24, 2.45) is 0 Å². The molecule has 0 bridgehead atoms. The molecule has 70 heavy (non-hydrogen) atoms. The molecule has 0 spiro atoms. The molecular weight excluding hydrogens is 891 g/mol. The van der Waals surface area contributed by atoms with E-state index in [4.69, 9.17) is 0 Å². The third-order valence-electron chi connectivity index (χ3n) is 14.9. The first-order valence-corrected chi connectivity index (χ1v) is 32.5. The monoisotopic (exact) mass is 1010 g/mol. The van der Waals surface area contributed by atoms with Gasteiger partial charge < -0.3 is 5.53 Å². The van der Waals surface area contributed by atoms with E-state index in [1.54, 1.807) is 4.70 Å². The van der Waals surface area contributed by atoms with Crippen LogP contribution < -0.4 is 0 Å². The molecule has 0 saturated carbocycles. The van der Waals surface area contributed by atoms with Gasteiger partial charge in [-0.3, -0.25) is 0 Å². The van der Waals surface area contributed by atoms with Crippen molar-refractivity contribution in [1.82, 2.24) is 0 Å². The standard InChI is InChI=1S/C35H50N2.2C16H33.Ni/c1-5-9-13-15-25-33-32(24-14-10-6-2)34(30-22-16-20-28(26-30)18-11-7-3)37(36)35(33)31-23-17-21-29(27-31)19-12-8-4;2*1-3-5-7-9-11-13-15-16-14-12-10-8-6-4-2;/h16-17,20-23,26-27H,5-15,18-19,24-25H2,1-4H3;2*1,3-16H2,2H3;. The summed E-state index contributed by atoms with van der Waals surface area (Å²) in [6.45, 7) is 13.7. The molecule has 2 aromatic carbocycles. The van der Waals surface area contributed by atoms with Crippen LogP contribution >= 0.6 is 0 Å². The van der Waals surface area contributed by atoms with Gasteiger partial charge >= 0.3 is 166 Å². The first-order valence-electron chi connectivity index (χ1n) is 31.1. The molecule has 3 heteroatoms. The van der Waals surface area contributed by atoms with E-state index < -0.39 is 0 Å². The first-order chi connectivity index (χ1) is 34.6. The second-order valence-electron chi connectivity index (χ2n) is 21.5. The number of benzene rings is 2. The fourth-order valence-corrected chi connectivity index (χ4v) is 11.6. The van der Waals surface area contributed by atoms with Crippen molar-refractivity contribution in [3.63, 3.8) is 0 Å². The Labute approximate surface area is 444 Å². The van der Waals surface area contributed by atoms with Crippen LogP contribution in [0.2, 0.25) is 10.8 Å². The number of unbranched alkanes of at least 4 members (excludes halogenated alkanes) is 33. The Hall–Kier alpha value is -1.99. The predicted molar refractivity (Wildman–Crippen MR) is 311 cm³/mol. The SMILES string of the molecule is CCCCCCC1=C(c2cccc(CCCC)c2)[N+](=[N-])C(c2cccc(CCCC)c2)=C1CCCCC.CCCCCCCCCCCCCCC[CH2][Ni][CH2]CCCCCCCCCCCCCCC. The number of rotatable bonds is 47. The van der Waals surface area contributed by atoms with Gasteiger partial charge in [0, 0.05) is 22.3 Å². The molecule has 2 aromatic rings. The van der Waals surface area contributed by atoms with Gasteiger partial charge in [-0.15, -0.1) is 0 Å². The van der Waals surface area contributed by atoms with Gasteiger partial charge in [0.15, 0.2) is 0 Å². The molecule has 1 aliphatic heterocycles. The van der Waals surface area contributed by atoms with Gasteiger partial charge in [-0.05, 0) is 86.8 Å². The average molecular weight is 1010 g/mol. The molecule has 0 saturated heterocycles. The second kappa shape index (κ2) is 46.8. The predicted octanol–water partition coefficient (Wildman–Crippen LogP) is 24.0. The van der Waals surface area contributed by atoms with Gasteiger partial charge in [0.05, 0.1) is 0 Å². The van der Waals surface area contributed by atoms with Crippen LogP contribution in [0.25, 0.3) is 16.9 Å². The average Bonchev–Trinajstić information content (AvgIpc) is 3.66. The van der Waals surface area contributed by atoms with E-state index >= 15 is 0 Å². The zero-order chi connectivity index (χ0) is 50.4. The number of hydrogen-bond donors (Lipinski definition) is 0. The van der Waals surface area contributed by atoms with Crippen LogP contribution in [0, 0.1) is 0 Å². The molecular formula is C67H116N2Ni. The van der Waals surface area contributed by atoms with Crippen molar-refractivity contribution in [2.45, 2.75) is 328 Å². The number of aryl methyl sites for hydroxylation is 2. The molecule has 1 heterocycles. The summed E-state index contributed by atoms with van der Waals surface area (Å²) in [4.78, 5) is 0. The Morgan fingerprint density at radius 3 is 0.914 bits per heavy atom. The smallest absolute Gasteiger partial charge is 0.0654 e. The van der Waals surface area contributed by atoms with Crippen molar-refractivity contribution < 1.29 is 19.1 Å². The minimum absolute atomic E-state index is 1.02. The van der Waals surface area contributed by atoms with Crippen LogP contribution in [-0.4, -0.2) is 4.70 Å². The first kappa shape index (κ1) is 64.1. The fourth-order valence-electron chi connectivity index (χ4n) is 10.4. The molecule has 0 aromatic heterocycles. The van der Waals surface area contributed by atoms with Crippen LogP contribution in [-0.2, 0) is 27.3 Å². The summed E-state index contributed by atoms with van der Waals surface area (Å²) in [7, 11) is 0. The van der Waals surface area contributed by atoms with E-state index in [9.17, 15) is 5.53 Å². The Balaban J connectivity index is 0.000000484. The van der Waals surface area contributed by atoms with Gasteiger partial charge in [0.25, 0.3) is 0 Å². The molecule has 3 rings (SSSR count). The summed E-state index contributed by atoms with van der Waals surface area (Å²) in [5.41, 5.74) is 21.7. The molecule has 0 fully saturated rings. The molecule has 0 radical (unpaired) electrons. The van der Waals surface area contributed by atoms with Crippen LogP contribution in [0.15, 0.2) is 59.7 Å². The van der Waals surface area contributed by atoms with E-state index in [1.165, 1.54) is 283 Å². The summed E-state index contributed by atoms with van der Waals surface area (Å²) in [6, 6.07) is 17.9. The van der Waals surface area contributed by atoms with E-state index in [-0.39, 0.29) is 0 Å². The molecule has 2 nitrogen and oxygen atoms in total. The zero-order valence-electron chi connectivity index (χ0n) is 47.6. The van der Waals surface area contributed by atoms with Crippen molar-refractivity contribution in [3.05, 3.63) is 87.5 Å². The summed E-state index contributed by atoms with van der Waals surface area (Å²) in [5, 5.41) is 2.87. The Morgan fingerprint density at radius 1 is 0.314 bits per heavy atom. The van der Waals surface area contributed by atoms with Crippen LogP contribution in [0.1, 0.15) is 327 Å². The summed E-state index contributed by atoms with van der Waals surface area (Å²) in [6.07, 6.45) is 58.8. The van der Waals surface area contributed by atoms with Gasteiger partial charge in [-0.2, -0.15) is 0 Å². The van der Waals surface area contributed by atoms with Crippen LogP contribution in [0.3, 0.4) is 0 Å². The van der Waals surface area contributed by atoms with E-state index in [1.807, 2.05) is 14.4 Å². The summed E-state index contributed by atoms with van der Waals surface area (Å²) >= 11 is 2.04. The van der Waals surface area contributed by atoms with E-state index in [0.29, 0.717) is 0 Å². The molecule has 0 unspecified atom stereocenters. The fraction of sp³-hybridized carbons (Fsp3) is 0.761. The normalized spacial score (nSPS) is 12.7. The molecule has 1 aliphatic rings. The number of nitrogens with zero attached hydrogens (tertiary/aromatic N) is 2. The van der Waals surface area contributed by atoms with Crippen molar-refractivity contribution in [2.75, 3.05) is 0 Å². The zero-order valence-corrected chi connectivity index (χ0v) is 48.6. The number of hydrogen-bond acceptors (Lipinski definition) is 0. The molecule has 0 amide bonds. The molecule has 0 N–H and O–H groups in total. The van der Waals surface area contributed by atoms with Crippen molar-refractivity contribution in [3.8, 4) is 0 Å². The second-order valence-corrected chi connectivity index (χ2v) is 23.0. The topological polar surface area (TPSA) is 25.3 Å². The number of allylic oxidation sites excluding steroid dienone is 2. The maximum absolute atomic E-state index is 11.9. The van der Waals surface area contributed by atoms with Crippen LogP contribution in [0.4, 0.5) is 0 Å². The van der Waals surface area contributed by atoms with E-state index in [2.05, 4.69) is 90.1 Å². The van der Waals surface area contributed by atoms with Crippen molar-refractivity contribution >= 4 is 11.4 Å². The minimum atomic E-state index is 1.02. The van der Waals surface area contributed by atoms with Gasteiger partial charge in [-0.25, -0.2) is 4.70 Å². The third-order valence-corrected chi connectivity index (χ3v) is 16.3. The Kier molecular flexibility index (Phi) is 42.9. The van der Waals surface area contributed by atoms with Crippen LogP contribution in [0.5, 0.6) is 0 Å². The van der Waals surface area contributed by atoms with E-state index in [0.717, 1.165) is 48.2 Å². The van der Waals surface area contributed by atoms with Gasteiger partial charge in [0.1, 0.15) is 0 Å². The summed E-state index contributed by atoms with van der Waals surface area (Å²) in [5.74, 6) is 0.